The first-order valence-corrected chi connectivity index (χ1v) is 10.2. The number of oxazole rings is 1. The third-order valence-corrected chi connectivity index (χ3v) is 4.95. The van der Waals surface area contributed by atoms with Crippen LogP contribution >= 0.6 is 0 Å². The van der Waals surface area contributed by atoms with Crippen molar-refractivity contribution in [2.75, 3.05) is 0 Å². The maximum absolute atomic E-state index is 12.5. The normalized spacial score (nSPS) is 12.7. The van der Waals surface area contributed by atoms with E-state index in [1.165, 1.54) is 68.6 Å². The van der Waals surface area contributed by atoms with E-state index in [4.69, 9.17) is 4.42 Å². The minimum absolute atomic E-state index is 0.0972. The SMILES string of the molecule is CCCCCCCCCCCC[C@H](C)C(=O)n1c(C(C)C)coc1=O. The quantitative estimate of drug-likeness (QED) is 0.400. The fraction of sp³-hybridized carbons (Fsp3) is 0.810. The van der Waals surface area contributed by atoms with E-state index in [1.807, 2.05) is 20.8 Å². The Bertz CT molecular complexity index is 542. The van der Waals surface area contributed by atoms with Crippen LogP contribution in [0.3, 0.4) is 0 Å². The zero-order valence-electron chi connectivity index (χ0n) is 16.7. The van der Waals surface area contributed by atoms with E-state index in [0.29, 0.717) is 5.69 Å². The van der Waals surface area contributed by atoms with Gasteiger partial charge < -0.3 is 4.42 Å². The van der Waals surface area contributed by atoms with Crippen LogP contribution < -0.4 is 5.76 Å². The Kier molecular flexibility index (Phi) is 10.5. The fourth-order valence-corrected chi connectivity index (χ4v) is 3.21. The van der Waals surface area contributed by atoms with Crippen molar-refractivity contribution >= 4 is 5.91 Å². The van der Waals surface area contributed by atoms with Crippen molar-refractivity contribution in [2.45, 2.75) is 104 Å². The molecule has 0 N–H and O–H groups in total. The third-order valence-electron chi connectivity index (χ3n) is 4.95. The molecule has 0 aliphatic carbocycles. The number of hydrogen-bond donors (Lipinski definition) is 0. The van der Waals surface area contributed by atoms with E-state index in [2.05, 4.69) is 6.92 Å². The third kappa shape index (κ3) is 7.62. The summed E-state index contributed by atoms with van der Waals surface area (Å²) < 4.78 is 6.15. The van der Waals surface area contributed by atoms with E-state index >= 15 is 0 Å². The number of nitrogens with zero attached hydrogens (tertiary/aromatic N) is 1. The summed E-state index contributed by atoms with van der Waals surface area (Å²) in [6.07, 6.45) is 15.1. The lowest BCUT2D eigenvalue weighted by molar-refractivity contribution is 0.0823. The van der Waals surface area contributed by atoms with Crippen molar-refractivity contribution in [2.24, 2.45) is 5.92 Å². The molecule has 0 fully saturated rings. The van der Waals surface area contributed by atoms with Crippen molar-refractivity contribution in [1.82, 2.24) is 4.57 Å². The maximum atomic E-state index is 12.5. The summed E-state index contributed by atoms with van der Waals surface area (Å²) in [5.74, 6) is -0.719. The fourth-order valence-electron chi connectivity index (χ4n) is 3.21. The highest BCUT2D eigenvalue weighted by Gasteiger charge is 2.22. The highest BCUT2D eigenvalue weighted by molar-refractivity contribution is 5.81. The second-order valence-electron chi connectivity index (χ2n) is 7.63. The zero-order chi connectivity index (χ0) is 18.7. The van der Waals surface area contributed by atoms with Crippen LogP contribution in [0, 0.1) is 5.92 Å². The van der Waals surface area contributed by atoms with Gasteiger partial charge in [-0.25, -0.2) is 9.36 Å². The number of aromatic nitrogens is 1. The maximum Gasteiger partial charge on any atom is 0.426 e. The summed E-state index contributed by atoms with van der Waals surface area (Å²) in [7, 11) is 0. The molecule has 1 heterocycles. The molecule has 1 atom stereocenters. The Labute approximate surface area is 153 Å². The average Bonchev–Trinajstić information content (AvgIpc) is 2.97. The molecule has 25 heavy (non-hydrogen) atoms. The molecule has 0 saturated carbocycles. The monoisotopic (exact) mass is 351 g/mol. The van der Waals surface area contributed by atoms with E-state index in [9.17, 15) is 9.59 Å². The van der Waals surface area contributed by atoms with Gasteiger partial charge in [-0.15, -0.1) is 0 Å². The van der Waals surface area contributed by atoms with Gasteiger partial charge in [-0.05, 0) is 12.3 Å². The van der Waals surface area contributed by atoms with Gasteiger partial charge in [0, 0.05) is 5.92 Å². The first-order chi connectivity index (χ1) is 12.0. The molecule has 144 valence electrons. The standard InChI is InChI=1S/C21H37NO3/c1-5-6-7-8-9-10-11-12-13-14-15-18(4)20(23)22-19(17(2)3)16-25-21(22)24/h16-18H,5-15H2,1-4H3/t18-/m0/s1. The molecule has 0 radical (unpaired) electrons. The summed E-state index contributed by atoms with van der Waals surface area (Å²) >= 11 is 0. The van der Waals surface area contributed by atoms with Crippen molar-refractivity contribution in [3.63, 3.8) is 0 Å². The zero-order valence-corrected chi connectivity index (χ0v) is 16.7. The molecule has 1 aromatic heterocycles. The van der Waals surface area contributed by atoms with E-state index in [0.717, 1.165) is 12.8 Å². The molecule has 0 aliphatic rings. The van der Waals surface area contributed by atoms with Gasteiger partial charge in [0.05, 0.1) is 5.69 Å². The molecular weight excluding hydrogens is 314 g/mol. The Hall–Kier alpha value is -1.32. The number of rotatable bonds is 13. The van der Waals surface area contributed by atoms with Crippen LogP contribution in [-0.2, 0) is 0 Å². The topological polar surface area (TPSA) is 52.2 Å². The Morgan fingerprint density at radius 2 is 1.48 bits per heavy atom. The molecule has 4 heteroatoms. The molecular formula is C21H37NO3. The van der Waals surface area contributed by atoms with Gasteiger partial charge in [0.2, 0.25) is 5.91 Å². The van der Waals surface area contributed by atoms with Crippen LogP contribution in [0.15, 0.2) is 15.5 Å². The predicted molar refractivity (Wildman–Crippen MR) is 103 cm³/mol. The molecule has 0 spiro atoms. The Balaban J connectivity index is 2.22. The lowest BCUT2D eigenvalue weighted by atomic mass is 10.00. The summed E-state index contributed by atoms with van der Waals surface area (Å²) in [5.41, 5.74) is 0.671. The van der Waals surface area contributed by atoms with Crippen LogP contribution in [0.4, 0.5) is 0 Å². The summed E-state index contributed by atoms with van der Waals surface area (Å²) in [6, 6.07) is 0. The van der Waals surface area contributed by atoms with Crippen molar-refractivity contribution < 1.29 is 9.21 Å². The van der Waals surface area contributed by atoms with E-state index in [1.54, 1.807) is 0 Å². The van der Waals surface area contributed by atoms with Gasteiger partial charge in [-0.2, -0.15) is 0 Å². The van der Waals surface area contributed by atoms with Crippen molar-refractivity contribution in [1.29, 1.82) is 0 Å². The van der Waals surface area contributed by atoms with Crippen LogP contribution in [0.5, 0.6) is 0 Å². The number of carbonyl (C=O) groups excluding carboxylic acids is 1. The predicted octanol–water partition coefficient (Wildman–Crippen LogP) is 6.15. The van der Waals surface area contributed by atoms with Gasteiger partial charge in [0.1, 0.15) is 6.26 Å². The van der Waals surface area contributed by atoms with Crippen molar-refractivity contribution in [3.05, 3.63) is 22.5 Å². The van der Waals surface area contributed by atoms with Crippen LogP contribution in [-0.4, -0.2) is 10.5 Å². The molecule has 0 unspecified atom stereocenters. The molecule has 0 amide bonds. The molecule has 0 aromatic carbocycles. The summed E-state index contributed by atoms with van der Waals surface area (Å²) in [6.45, 7) is 8.08. The highest BCUT2D eigenvalue weighted by atomic mass is 16.4. The minimum Gasteiger partial charge on any atom is -0.416 e. The first-order valence-electron chi connectivity index (χ1n) is 10.2. The lowest BCUT2D eigenvalue weighted by Crippen LogP contribution is -2.30. The lowest BCUT2D eigenvalue weighted by Gasteiger charge is -2.13. The van der Waals surface area contributed by atoms with Crippen LogP contribution in [0.2, 0.25) is 0 Å². The second kappa shape index (κ2) is 12.1. The summed E-state index contributed by atoms with van der Waals surface area (Å²) in [4.78, 5) is 24.4. The molecule has 1 aromatic rings. The Morgan fingerprint density at radius 3 is 2.00 bits per heavy atom. The van der Waals surface area contributed by atoms with Crippen LogP contribution in [0.25, 0.3) is 0 Å². The smallest absolute Gasteiger partial charge is 0.416 e. The van der Waals surface area contributed by atoms with Gasteiger partial charge in [0.15, 0.2) is 0 Å². The van der Waals surface area contributed by atoms with Gasteiger partial charge in [0.25, 0.3) is 0 Å². The van der Waals surface area contributed by atoms with E-state index < -0.39 is 5.76 Å². The number of unbranched alkanes of at least 4 members (excludes halogenated alkanes) is 9. The van der Waals surface area contributed by atoms with Crippen LogP contribution in [0.1, 0.15) is 115 Å². The van der Waals surface area contributed by atoms with Gasteiger partial charge >= 0.3 is 5.76 Å². The molecule has 0 bridgehead atoms. The second-order valence-corrected chi connectivity index (χ2v) is 7.63. The minimum atomic E-state index is -0.552. The molecule has 1 rings (SSSR count). The molecule has 0 aliphatic heterocycles. The highest BCUT2D eigenvalue weighted by Crippen LogP contribution is 2.18. The van der Waals surface area contributed by atoms with E-state index in [-0.39, 0.29) is 17.7 Å². The Morgan fingerprint density at radius 1 is 0.960 bits per heavy atom. The first kappa shape index (κ1) is 21.7. The number of carbonyl (C=O) groups is 1. The van der Waals surface area contributed by atoms with Crippen molar-refractivity contribution in [3.8, 4) is 0 Å². The molecule has 4 nitrogen and oxygen atoms in total. The largest absolute Gasteiger partial charge is 0.426 e. The average molecular weight is 352 g/mol. The van der Waals surface area contributed by atoms with Gasteiger partial charge in [-0.1, -0.05) is 91.9 Å². The number of hydrogen-bond acceptors (Lipinski definition) is 3. The molecule has 0 saturated heterocycles. The van der Waals surface area contributed by atoms with Gasteiger partial charge in [-0.3, -0.25) is 4.79 Å². The summed E-state index contributed by atoms with van der Waals surface area (Å²) in [5, 5.41) is 0.